The molecule has 4 aromatic carbocycles. The van der Waals surface area contributed by atoms with Gasteiger partial charge in [0.25, 0.3) is 5.91 Å². The largest absolute Gasteiger partial charge is 0.493 e. The number of rotatable bonds is 8. The molecule has 5 aromatic rings. The van der Waals surface area contributed by atoms with Crippen LogP contribution in [0.4, 0.5) is 0 Å². The Balaban J connectivity index is 1.35. The summed E-state index contributed by atoms with van der Waals surface area (Å²) in [5.41, 5.74) is 6.93. The topological polar surface area (TPSA) is 72.8 Å². The van der Waals surface area contributed by atoms with E-state index in [0.717, 1.165) is 22.0 Å². The molecule has 1 amide bonds. The van der Waals surface area contributed by atoms with Crippen molar-refractivity contribution in [2.45, 2.75) is 6.61 Å². The molecule has 0 aliphatic heterocycles. The van der Waals surface area contributed by atoms with Gasteiger partial charge in [-0.25, -0.2) is 10.4 Å². The fourth-order valence-corrected chi connectivity index (χ4v) is 4.94. The smallest absolute Gasteiger partial charge is 0.272 e. The van der Waals surface area contributed by atoms with Crippen LogP contribution in [0.5, 0.6) is 11.5 Å². The summed E-state index contributed by atoms with van der Waals surface area (Å²) < 4.78 is 12.2. The number of nitrogens with zero attached hydrogens (tertiary/aromatic N) is 2. The summed E-state index contributed by atoms with van der Waals surface area (Å²) in [7, 11) is 1.55. The number of pyridine rings is 1. The number of carbonyl (C=O) groups is 1. The van der Waals surface area contributed by atoms with Crippen LogP contribution in [0.15, 0.2) is 101 Å². The molecule has 9 heteroatoms. The minimum absolute atomic E-state index is 0.229. The standard InChI is InChI=1S/C31H22BrCl2N3O3/c1-39-29-13-21(25(32)16-30(29)40-18-20-11-12-22(33)14-26(20)34)17-35-37-31(38)24-15-28(19-7-3-2-4-8-19)36-27-10-6-5-9-23(24)27/h2-17H,18H2,1H3,(H,37,38)/b35-17+. The van der Waals surface area contributed by atoms with E-state index < -0.39 is 0 Å². The van der Waals surface area contributed by atoms with Crippen molar-refractivity contribution in [3.05, 3.63) is 122 Å². The Morgan fingerprint density at radius 3 is 2.52 bits per heavy atom. The Bertz CT molecular complexity index is 1730. The summed E-state index contributed by atoms with van der Waals surface area (Å²) in [4.78, 5) is 18.0. The zero-order chi connectivity index (χ0) is 28.1. The summed E-state index contributed by atoms with van der Waals surface area (Å²) in [5, 5.41) is 6.01. The summed E-state index contributed by atoms with van der Waals surface area (Å²) in [5.74, 6) is 0.655. The number of hydrazone groups is 1. The average molecular weight is 635 g/mol. The van der Waals surface area contributed by atoms with Crippen LogP contribution in [0.1, 0.15) is 21.5 Å². The van der Waals surface area contributed by atoms with Gasteiger partial charge in [-0.1, -0.05) is 77.8 Å². The van der Waals surface area contributed by atoms with Gasteiger partial charge in [0.2, 0.25) is 0 Å². The second-order valence-electron chi connectivity index (χ2n) is 8.69. The number of benzene rings is 4. The van der Waals surface area contributed by atoms with E-state index in [4.69, 9.17) is 37.7 Å². The highest BCUT2D eigenvalue weighted by Gasteiger charge is 2.14. The fraction of sp³-hybridized carbons (Fsp3) is 0.0645. The predicted octanol–water partition coefficient (Wildman–Crippen LogP) is 8.32. The van der Waals surface area contributed by atoms with Crippen molar-refractivity contribution >= 4 is 62.2 Å². The van der Waals surface area contributed by atoms with Crippen molar-refractivity contribution in [1.82, 2.24) is 10.4 Å². The number of hydrogen-bond acceptors (Lipinski definition) is 5. The van der Waals surface area contributed by atoms with Gasteiger partial charge in [-0.3, -0.25) is 4.79 Å². The number of methoxy groups -OCH3 is 1. The molecule has 1 heterocycles. The van der Waals surface area contributed by atoms with Crippen molar-refractivity contribution < 1.29 is 14.3 Å². The Morgan fingerprint density at radius 2 is 1.75 bits per heavy atom. The Morgan fingerprint density at radius 1 is 0.975 bits per heavy atom. The number of ether oxygens (including phenoxy) is 2. The zero-order valence-electron chi connectivity index (χ0n) is 21.2. The molecule has 0 fully saturated rings. The molecule has 0 aliphatic rings. The number of aromatic nitrogens is 1. The quantitative estimate of drug-likeness (QED) is 0.138. The zero-order valence-corrected chi connectivity index (χ0v) is 24.3. The summed E-state index contributed by atoms with van der Waals surface area (Å²) in [6.45, 7) is 0.229. The molecule has 1 aromatic heterocycles. The summed E-state index contributed by atoms with van der Waals surface area (Å²) >= 11 is 15.8. The first-order valence-electron chi connectivity index (χ1n) is 12.2. The maximum Gasteiger partial charge on any atom is 0.272 e. The van der Waals surface area contributed by atoms with E-state index in [-0.39, 0.29) is 12.5 Å². The Kier molecular flexibility index (Phi) is 8.65. The molecule has 200 valence electrons. The number of nitrogens with one attached hydrogen (secondary N) is 1. The second-order valence-corrected chi connectivity index (χ2v) is 10.4. The predicted molar refractivity (Wildman–Crippen MR) is 164 cm³/mol. The monoisotopic (exact) mass is 633 g/mol. The van der Waals surface area contributed by atoms with E-state index in [0.29, 0.717) is 42.8 Å². The number of halogens is 3. The van der Waals surface area contributed by atoms with Crippen LogP contribution in [-0.4, -0.2) is 24.2 Å². The molecule has 0 radical (unpaired) electrons. The van der Waals surface area contributed by atoms with Gasteiger partial charge in [-0.15, -0.1) is 0 Å². The van der Waals surface area contributed by atoms with Crippen LogP contribution in [0, 0.1) is 0 Å². The van der Waals surface area contributed by atoms with Gasteiger partial charge in [-0.2, -0.15) is 5.10 Å². The van der Waals surface area contributed by atoms with Crippen LogP contribution in [0.2, 0.25) is 10.0 Å². The molecule has 0 spiro atoms. The summed E-state index contributed by atoms with van der Waals surface area (Å²) in [6.07, 6.45) is 1.53. The van der Waals surface area contributed by atoms with Crippen LogP contribution < -0.4 is 14.9 Å². The van der Waals surface area contributed by atoms with E-state index in [2.05, 4.69) is 26.5 Å². The van der Waals surface area contributed by atoms with Gasteiger partial charge in [0.1, 0.15) is 6.61 Å². The van der Waals surface area contributed by atoms with Crippen molar-refractivity contribution in [2.75, 3.05) is 7.11 Å². The SMILES string of the molecule is COc1cc(/C=N/NC(=O)c2cc(-c3ccccc3)nc3ccccc23)c(Br)cc1OCc1ccc(Cl)cc1Cl. The van der Waals surface area contributed by atoms with E-state index in [9.17, 15) is 4.79 Å². The fourth-order valence-electron chi connectivity index (χ4n) is 4.06. The molecule has 0 unspecified atom stereocenters. The molecule has 0 saturated heterocycles. The molecule has 0 atom stereocenters. The van der Waals surface area contributed by atoms with Gasteiger partial charge in [-0.05, 0) is 52.3 Å². The third-order valence-corrected chi connectivity index (χ3v) is 7.36. The second kappa shape index (κ2) is 12.5. The molecule has 6 nitrogen and oxygen atoms in total. The number of hydrogen-bond donors (Lipinski definition) is 1. The first-order chi connectivity index (χ1) is 19.4. The molecule has 0 saturated carbocycles. The van der Waals surface area contributed by atoms with Gasteiger partial charge in [0.15, 0.2) is 11.5 Å². The van der Waals surface area contributed by atoms with Crippen LogP contribution in [-0.2, 0) is 6.61 Å². The lowest BCUT2D eigenvalue weighted by Gasteiger charge is -2.13. The highest BCUT2D eigenvalue weighted by molar-refractivity contribution is 9.10. The molecule has 0 bridgehead atoms. The van der Waals surface area contributed by atoms with Crippen LogP contribution in [0.25, 0.3) is 22.2 Å². The lowest BCUT2D eigenvalue weighted by atomic mass is 10.0. The van der Waals surface area contributed by atoms with Gasteiger partial charge >= 0.3 is 0 Å². The van der Waals surface area contributed by atoms with Gasteiger partial charge in [0.05, 0.1) is 30.1 Å². The van der Waals surface area contributed by atoms with Crippen LogP contribution >= 0.6 is 39.1 Å². The van der Waals surface area contributed by atoms with Crippen molar-refractivity contribution in [3.8, 4) is 22.8 Å². The number of fused-ring (bicyclic) bond motifs is 1. The highest BCUT2D eigenvalue weighted by atomic mass is 79.9. The molecule has 1 N–H and O–H groups in total. The normalized spacial score (nSPS) is 11.1. The van der Waals surface area contributed by atoms with Gasteiger partial charge in [0, 0.05) is 36.6 Å². The van der Waals surface area contributed by atoms with Crippen molar-refractivity contribution in [3.63, 3.8) is 0 Å². The van der Waals surface area contributed by atoms with Crippen molar-refractivity contribution in [1.29, 1.82) is 0 Å². The van der Waals surface area contributed by atoms with Crippen LogP contribution in [0.3, 0.4) is 0 Å². The molecule has 0 aliphatic carbocycles. The molecule has 5 rings (SSSR count). The molecular weight excluding hydrogens is 613 g/mol. The third-order valence-electron chi connectivity index (χ3n) is 6.08. The Labute approximate surface area is 249 Å². The van der Waals surface area contributed by atoms with Crippen molar-refractivity contribution in [2.24, 2.45) is 5.10 Å². The van der Waals surface area contributed by atoms with Gasteiger partial charge < -0.3 is 9.47 Å². The average Bonchev–Trinajstić information content (AvgIpc) is 2.97. The lowest BCUT2D eigenvalue weighted by Crippen LogP contribution is -2.18. The number of para-hydroxylation sites is 1. The van der Waals surface area contributed by atoms with E-state index in [1.165, 1.54) is 6.21 Å². The number of amides is 1. The molecular formula is C31H22BrCl2N3O3. The van der Waals surface area contributed by atoms with E-state index in [1.807, 2.05) is 60.7 Å². The number of carbonyl (C=O) groups excluding carboxylic acids is 1. The highest BCUT2D eigenvalue weighted by Crippen LogP contribution is 2.34. The lowest BCUT2D eigenvalue weighted by molar-refractivity contribution is 0.0956. The maximum absolute atomic E-state index is 13.2. The minimum atomic E-state index is -0.352. The third kappa shape index (κ3) is 6.28. The van der Waals surface area contributed by atoms with E-state index in [1.54, 1.807) is 37.4 Å². The first-order valence-corrected chi connectivity index (χ1v) is 13.7. The Hall–Kier alpha value is -3.91. The van der Waals surface area contributed by atoms with E-state index >= 15 is 0 Å². The first kappa shape index (κ1) is 27.6. The maximum atomic E-state index is 13.2. The minimum Gasteiger partial charge on any atom is -0.493 e. The molecule has 40 heavy (non-hydrogen) atoms. The summed E-state index contributed by atoms with van der Waals surface area (Å²) in [6, 6.07) is 27.8.